The number of likely N-dealkylation sites (tertiary alicyclic amines) is 1. The van der Waals surface area contributed by atoms with Gasteiger partial charge in [0.05, 0.1) is 0 Å². The molecule has 7 nitrogen and oxygen atoms in total. The predicted molar refractivity (Wildman–Crippen MR) is 80.2 cm³/mol. The second kappa shape index (κ2) is 6.13. The SMILES string of the molecule is CCCn1c(N)c(NC2CCCN(C)C2)c(=O)[nH]c1=O. The molecule has 1 aromatic rings. The summed E-state index contributed by atoms with van der Waals surface area (Å²) in [4.78, 5) is 28.2. The molecule has 0 saturated carbocycles. The van der Waals surface area contributed by atoms with Crippen molar-refractivity contribution in [2.24, 2.45) is 0 Å². The highest BCUT2D eigenvalue weighted by Gasteiger charge is 2.20. The van der Waals surface area contributed by atoms with Gasteiger partial charge in [0, 0.05) is 19.1 Å². The Balaban J connectivity index is 2.29. The van der Waals surface area contributed by atoms with E-state index in [9.17, 15) is 9.59 Å². The summed E-state index contributed by atoms with van der Waals surface area (Å²) < 4.78 is 1.41. The number of nitrogens with two attached hydrogens (primary N) is 1. The molecule has 0 aliphatic carbocycles. The Kier molecular flexibility index (Phi) is 4.49. The van der Waals surface area contributed by atoms with Crippen LogP contribution in [-0.4, -0.2) is 40.6 Å². The summed E-state index contributed by atoms with van der Waals surface area (Å²) >= 11 is 0. The Hall–Kier alpha value is -1.76. The van der Waals surface area contributed by atoms with Crippen LogP contribution in [0.15, 0.2) is 9.59 Å². The number of nitrogens with zero attached hydrogens (tertiary/aromatic N) is 2. The highest BCUT2D eigenvalue weighted by atomic mass is 16.2. The first-order chi connectivity index (χ1) is 9.52. The van der Waals surface area contributed by atoms with Gasteiger partial charge in [0.2, 0.25) is 0 Å². The molecule has 1 aromatic heterocycles. The summed E-state index contributed by atoms with van der Waals surface area (Å²) in [6.45, 7) is 4.39. The van der Waals surface area contributed by atoms with Crippen molar-refractivity contribution >= 4 is 11.5 Å². The molecule has 0 amide bonds. The number of likely N-dealkylation sites (N-methyl/N-ethyl adjacent to an activating group) is 1. The minimum Gasteiger partial charge on any atom is -0.383 e. The molecule has 0 spiro atoms. The zero-order valence-corrected chi connectivity index (χ0v) is 12.1. The molecule has 2 heterocycles. The largest absolute Gasteiger partial charge is 0.383 e. The van der Waals surface area contributed by atoms with Crippen molar-refractivity contribution < 1.29 is 0 Å². The molecule has 0 aromatic carbocycles. The summed E-state index contributed by atoms with van der Waals surface area (Å²) in [5.74, 6) is 0.230. The third kappa shape index (κ3) is 3.04. The van der Waals surface area contributed by atoms with E-state index in [4.69, 9.17) is 5.73 Å². The Labute approximate surface area is 117 Å². The smallest absolute Gasteiger partial charge is 0.330 e. The number of aromatic nitrogens is 2. The molecular weight excluding hydrogens is 258 g/mol. The topological polar surface area (TPSA) is 96.2 Å². The standard InChI is InChI=1S/C13H23N5O2/c1-3-6-18-11(14)10(12(19)16-13(18)20)15-9-5-4-7-17(2)8-9/h9,15H,3-8,14H2,1-2H3,(H,16,19,20). The lowest BCUT2D eigenvalue weighted by Gasteiger charge is -2.31. The number of piperidine rings is 1. The van der Waals surface area contributed by atoms with Crippen LogP contribution in [0.4, 0.5) is 11.5 Å². The maximum Gasteiger partial charge on any atom is 0.330 e. The Morgan fingerprint density at radius 1 is 1.45 bits per heavy atom. The van der Waals surface area contributed by atoms with Crippen LogP contribution in [0, 0.1) is 0 Å². The van der Waals surface area contributed by atoms with Crippen LogP contribution in [0.3, 0.4) is 0 Å². The Morgan fingerprint density at radius 3 is 2.85 bits per heavy atom. The van der Waals surface area contributed by atoms with Gasteiger partial charge < -0.3 is 16.0 Å². The van der Waals surface area contributed by atoms with Crippen molar-refractivity contribution in [2.75, 3.05) is 31.2 Å². The predicted octanol–water partition coefficient (Wildman–Crippen LogP) is 0.0349. The van der Waals surface area contributed by atoms with Gasteiger partial charge in [0.15, 0.2) is 0 Å². The fourth-order valence-corrected chi connectivity index (χ4v) is 2.66. The van der Waals surface area contributed by atoms with Crippen molar-refractivity contribution in [3.05, 3.63) is 20.8 Å². The minimum atomic E-state index is -0.444. The maximum atomic E-state index is 11.9. The van der Waals surface area contributed by atoms with Gasteiger partial charge in [-0.3, -0.25) is 14.3 Å². The molecule has 1 saturated heterocycles. The van der Waals surface area contributed by atoms with Crippen molar-refractivity contribution in [1.82, 2.24) is 14.5 Å². The van der Waals surface area contributed by atoms with E-state index in [2.05, 4.69) is 22.2 Å². The first kappa shape index (κ1) is 14.6. The molecule has 7 heteroatoms. The van der Waals surface area contributed by atoms with Crippen LogP contribution in [0.2, 0.25) is 0 Å². The van der Waals surface area contributed by atoms with Crippen molar-refractivity contribution in [1.29, 1.82) is 0 Å². The third-order valence-electron chi connectivity index (χ3n) is 3.66. The summed E-state index contributed by atoms with van der Waals surface area (Å²) in [5.41, 5.74) is 5.43. The molecule has 1 unspecified atom stereocenters. The highest BCUT2D eigenvalue weighted by Crippen LogP contribution is 2.16. The number of nitrogen functional groups attached to an aromatic ring is 1. The zero-order valence-electron chi connectivity index (χ0n) is 12.1. The first-order valence-electron chi connectivity index (χ1n) is 7.10. The van der Waals surface area contributed by atoms with E-state index in [1.165, 1.54) is 4.57 Å². The van der Waals surface area contributed by atoms with Gasteiger partial charge in [0.1, 0.15) is 11.5 Å². The molecule has 0 bridgehead atoms. The average molecular weight is 281 g/mol. The molecule has 1 aliphatic rings. The first-order valence-corrected chi connectivity index (χ1v) is 7.10. The van der Waals surface area contributed by atoms with Crippen LogP contribution in [0.5, 0.6) is 0 Å². The van der Waals surface area contributed by atoms with Crippen molar-refractivity contribution in [2.45, 2.75) is 38.8 Å². The zero-order chi connectivity index (χ0) is 14.7. The van der Waals surface area contributed by atoms with Gasteiger partial charge in [0.25, 0.3) is 5.56 Å². The highest BCUT2D eigenvalue weighted by molar-refractivity contribution is 5.61. The maximum absolute atomic E-state index is 11.9. The summed E-state index contributed by atoms with van der Waals surface area (Å²) in [5, 5.41) is 3.20. The number of rotatable bonds is 4. The average Bonchev–Trinajstić information content (AvgIpc) is 2.39. The lowest BCUT2D eigenvalue weighted by Crippen LogP contribution is -2.42. The third-order valence-corrected chi connectivity index (χ3v) is 3.66. The quantitative estimate of drug-likeness (QED) is 0.724. The van der Waals surface area contributed by atoms with Gasteiger partial charge in [-0.15, -0.1) is 0 Å². The molecule has 1 aliphatic heterocycles. The number of hydrogen-bond acceptors (Lipinski definition) is 5. The Morgan fingerprint density at radius 2 is 2.20 bits per heavy atom. The van der Waals surface area contributed by atoms with Crippen LogP contribution in [0.25, 0.3) is 0 Å². The van der Waals surface area contributed by atoms with E-state index in [1.807, 2.05) is 6.92 Å². The molecule has 20 heavy (non-hydrogen) atoms. The lowest BCUT2D eigenvalue weighted by molar-refractivity contribution is 0.261. The van der Waals surface area contributed by atoms with Gasteiger partial charge >= 0.3 is 5.69 Å². The summed E-state index contributed by atoms with van der Waals surface area (Å²) in [6, 6.07) is 0.185. The van der Waals surface area contributed by atoms with Crippen LogP contribution in [0.1, 0.15) is 26.2 Å². The molecule has 1 fully saturated rings. The van der Waals surface area contributed by atoms with Crippen LogP contribution >= 0.6 is 0 Å². The fourth-order valence-electron chi connectivity index (χ4n) is 2.66. The second-order valence-corrected chi connectivity index (χ2v) is 5.42. The van der Waals surface area contributed by atoms with Gasteiger partial charge in [-0.1, -0.05) is 6.92 Å². The van der Waals surface area contributed by atoms with Gasteiger partial charge in [-0.2, -0.15) is 0 Å². The normalized spacial score (nSPS) is 20.0. The van der Waals surface area contributed by atoms with E-state index in [-0.39, 0.29) is 11.9 Å². The van der Waals surface area contributed by atoms with E-state index in [1.54, 1.807) is 0 Å². The van der Waals surface area contributed by atoms with E-state index < -0.39 is 11.2 Å². The monoisotopic (exact) mass is 281 g/mol. The van der Waals surface area contributed by atoms with Crippen LogP contribution in [-0.2, 0) is 6.54 Å². The van der Waals surface area contributed by atoms with Gasteiger partial charge in [-0.05, 0) is 32.9 Å². The molecule has 112 valence electrons. The lowest BCUT2D eigenvalue weighted by atomic mass is 10.1. The minimum absolute atomic E-state index is 0.185. The second-order valence-electron chi connectivity index (χ2n) is 5.42. The summed E-state index contributed by atoms with van der Waals surface area (Å²) in [6.07, 6.45) is 2.86. The molecule has 4 N–H and O–H groups in total. The molecule has 1 atom stereocenters. The van der Waals surface area contributed by atoms with Crippen LogP contribution < -0.4 is 22.3 Å². The number of hydrogen-bond donors (Lipinski definition) is 3. The molecule has 0 radical (unpaired) electrons. The summed E-state index contributed by atoms with van der Waals surface area (Å²) in [7, 11) is 2.05. The Bertz CT molecular complexity index is 577. The van der Waals surface area contributed by atoms with E-state index in [0.717, 1.165) is 32.4 Å². The van der Waals surface area contributed by atoms with Crippen molar-refractivity contribution in [3.8, 4) is 0 Å². The molecule has 2 rings (SSSR count). The number of anilines is 2. The fraction of sp³-hybridized carbons (Fsp3) is 0.692. The van der Waals surface area contributed by atoms with E-state index >= 15 is 0 Å². The molecular formula is C13H23N5O2. The number of nitrogens with one attached hydrogen (secondary N) is 2. The van der Waals surface area contributed by atoms with E-state index in [0.29, 0.717) is 12.2 Å². The number of aromatic amines is 1. The van der Waals surface area contributed by atoms with Gasteiger partial charge in [-0.25, -0.2) is 4.79 Å². The number of H-pyrrole nitrogens is 1. The van der Waals surface area contributed by atoms with Crippen molar-refractivity contribution in [3.63, 3.8) is 0 Å².